The lowest BCUT2D eigenvalue weighted by molar-refractivity contribution is 0.0975. The lowest BCUT2D eigenvalue weighted by atomic mass is 9.85. The number of unbranched alkanes of at least 4 members (excludes halogenated alkanes) is 48. The average molecular weight is 1250 g/mol. The number of nitrogens with zero attached hydrogens (tertiary/aromatic N) is 2. The highest BCUT2D eigenvalue weighted by Gasteiger charge is 2.24. The van der Waals surface area contributed by atoms with Gasteiger partial charge in [-0.3, -0.25) is 0 Å². The van der Waals surface area contributed by atoms with Gasteiger partial charge in [0.15, 0.2) is 0 Å². The van der Waals surface area contributed by atoms with Crippen LogP contribution < -0.4 is 0 Å². The van der Waals surface area contributed by atoms with Gasteiger partial charge in [-0.2, -0.15) is 0 Å². The summed E-state index contributed by atoms with van der Waals surface area (Å²) in [5, 5.41) is 0. The van der Waals surface area contributed by atoms with Crippen LogP contribution in [0.1, 0.15) is 439 Å². The minimum Gasteiger partial charge on any atom is -0.381 e. The van der Waals surface area contributed by atoms with E-state index in [9.17, 15) is 0 Å². The van der Waals surface area contributed by atoms with E-state index < -0.39 is 0 Å². The SMILES string of the molecule is CCCCCCCC/C=C\CCCCCCCCC(CCCCCCCC/C=C\CCCCCCCC)C(CCCOCCCC(C(CCCCCCCC/C=C\CCCCCCCC)CCCCCCCC/C=C\CCCCCCCC)N(C)C)N(C)C. The first-order valence-corrected chi connectivity index (χ1v) is 41.4. The third-order valence-electron chi connectivity index (χ3n) is 20.3. The van der Waals surface area contributed by atoms with E-state index in [4.69, 9.17) is 4.74 Å². The average Bonchev–Trinajstić information content (AvgIpc) is 3.59. The molecular weight excluding hydrogens is 1080 g/mol. The normalized spacial score (nSPS) is 13.2. The summed E-state index contributed by atoms with van der Waals surface area (Å²) in [5.41, 5.74) is 0. The lowest BCUT2D eigenvalue weighted by Gasteiger charge is -2.33. The predicted octanol–water partition coefficient (Wildman–Crippen LogP) is 29.4. The quantitative estimate of drug-likeness (QED) is 0.0446. The van der Waals surface area contributed by atoms with Gasteiger partial charge >= 0.3 is 0 Å². The van der Waals surface area contributed by atoms with Gasteiger partial charge in [0, 0.05) is 25.3 Å². The third-order valence-corrected chi connectivity index (χ3v) is 20.3. The van der Waals surface area contributed by atoms with Crippen molar-refractivity contribution in [2.45, 2.75) is 451 Å². The molecule has 0 bridgehead atoms. The summed E-state index contributed by atoms with van der Waals surface area (Å²) in [6, 6.07) is 1.35. The molecule has 2 atom stereocenters. The van der Waals surface area contributed by atoms with Crippen LogP contribution in [0.3, 0.4) is 0 Å². The molecule has 0 aliphatic carbocycles. The molecular formula is C86H168N2O. The first kappa shape index (κ1) is 87.8. The summed E-state index contributed by atoms with van der Waals surface area (Å²) < 4.78 is 6.58. The number of ether oxygens (including phenoxy) is 1. The minimum atomic E-state index is 0.673. The lowest BCUT2D eigenvalue weighted by Crippen LogP contribution is -2.36. The number of allylic oxidation sites excluding steroid dienone is 8. The Hall–Kier alpha value is -1.16. The highest BCUT2D eigenvalue weighted by Crippen LogP contribution is 2.30. The number of hydrogen-bond donors (Lipinski definition) is 0. The Bertz CT molecular complexity index is 1220. The molecule has 0 aliphatic heterocycles. The zero-order valence-corrected chi connectivity index (χ0v) is 62.9. The van der Waals surface area contributed by atoms with Crippen LogP contribution in [0.15, 0.2) is 48.6 Å². The molecule has 0 saturated heterocycles. The van der Waals surface area contributed by atoms with E-state index in [2.05, 4.69) is 114 Å². The van der Waals surface area contributed by atoms with Gasteiger partial charge in [-0.25, -0.2) is 0 Å². The zero-order valence-electron chi connectivity index (χ0n) is 62.9. The number of hydrogen-bond acceptors (Lipinski definition) is 3. The van der Waals surface area contributed by atoms with Crippen molar-refractivity contribution in [3.05, 3.63) is 48.6 Å². The molecule has 89 heavy (non-hydrogen) atoms. The van der Waals surface area contributed by atoms with E-state index in [-0.39, 0.29) is 0 Å². The van der Waals surface area contributed by atoms with Gasteiger partial charge in [-0.05, 0) is 194 Å². The topological polar surface area (TPSA) is 15.7 Å². The second kappa shape index (κ2) is 75.9. The molecule has 0 aromatic carbocycles. The standard InChI is InChI=1S/C86H168N2O/c1-9-13-17-21-25-29-33-37-41-45-49-53-57-61-65-69-75-83(76-70-66-62-58-54-50-46-42-38-34-30-26-22-18-14-10-2)85(87(5)6)79-73-81-89-82-74-80-86(88(7)8)84(77-71-67-63-59-55-51-47-43-39-35-31-27-23-19-15-11-3)78-72-68-64-60-56-52-48-44-40-36-32-28-24-20-16-12-4/h37-44,83-86H,9-36,45-82H2,1-8H3/b41-37-,42-38-,43-39-,44-40-. The van der Waals surface area contributed by atoms with Gasteiger partial charge in [0.1, 0.15) is 0 Å². The maximum Gasteiger partial charge on any atom is 0.0466 e. The van der Waals surface area contributed by atoms with E-state index in [1.54, 1.807) is 0 Å². The van der Waals surface area contributed by atoms with Crippen molar-refractivity contribution < 1.29 is 4.74 Å². The fraction of sp³-hybridized carbons (Fsp3) is 0.907. The molecule has 0 saturated carbocycles. The summed E-state index contributed by atoms with van der Waals surface area (Å²) in [7, 11) is 9.54. The highest BCUT2D eigenvalue weighted by atomic mass is 16.5. The van der Waals surface area contributed by atoms with Crippen LogP contribution in [0, 0.1) is 11.8 Å². The minimum absolute atomic E-state index is 0.673. The van der Waals surface area contributed by atoms with E-state index in [0.717, 1.165) is 25.0 Å². The third kappa shape index (κ3) is 66.7. The fourth-order valence-electron chi connectivity index (χ4n) is 14.4. The second-order valence-corrected chi connectivity index (χ2v) is 29.4. The van der Waals surface area contributed by atoms with E-state index in [0.29, 0.717) is 12.1 Å². The molecule has 0 amide bonds. The summed E-state index contributed by atoms with van der Waals surface area (Å²) >= 11 is 0. The Kier molecular flexibility index (Phi) is 74.9. The van der Waals surface area contributed by atoms with Gasteiger partial charge in [-0.15, -0.1) is 0 Å². The Morgan fingerprint density at radius 1 is 0.202 bits per heavy atom. The van der Waals surface area contributed by atoms with Crippen molar-refractivity contribution in [3.8, 4) is 0 Å². The number of rotatable bonds is 76. The summed E-state index contributed by atoms with van der Waals surface area (Å²) in [6.07, 6.45) is 108. The molecule has 0 N–H and O–H groups in total. The van der Waals surface area contributed by atoms with Crippen LogP contribution in [0.4, 0.5) is 0 Å². The molecule has 0 aliphatic rings. The Morgan fingerprint density at radius 3 is 0.551 bits per heavy atom. The Morgan fingerprint density at radius 2 is 0.371 bits per heavy atom. The highest BCUT2D eigenvalue weighted by molar-refractivity contribution is 4.85. The monoisotopic (exact) mass is 1250 g/mol. The summed E-state index contributed by atoms with van der Waals surface area (Å²) in [5.74, 6) is 1.63. The van der Waals surface area contributed by atoms with Gasteiger partial charge in [0.25, 0.3) is 0 Å². The maximum atomic E-state index is 6.58. The maximum absolute atomic E-state index is 6.58. The largest absolute Gasteiger partial charge is 0.381 e. The smallest absolute Gasteiger partial charge is 0.0466 e. The van der Waals surface area contributed by atoms with Crippen LogP contribution >= 0.6 is 0 Å². The van der Waals surface area contributed by atoms with Crippen LogP contribution in [0.2, 0.25) is 0 Å². The molecule has 0 aromatic heterocycles. The van der Waals surface area contributed by atoms with Gasteiger partial charge in [0.05, 0.1) is 0 Å². The summed E-state index contributed by atoms with van der Waals surface area (Å²) in [6.45, 7) is 11.1. The first-order valence-electron chi connectivity index (χ1n) is 41.4. The van der Waals surface area contributed by atoms with Crippen LogP contribution in [-0.4, -0.2) is 63.3 Å². The molecule has 0 fully saturated rings. The van der Waals surface area contributed by atoms with E-state index in [1.807, 2.05) is 0 Å². The second-order valence-electron chi connectivity index (χ2n) is 29.4. The molecule has 3 nitrogen and oxygen atoms in total. The van der Waals surface area contributed by atoms with Crippen molar-refractivity contribution >= 4 is 0 Å². The molecule has 528 valence electrons. The molecule has 0 spiro atoms. The van der Waals surface area contributed by atoms with Gasteiger partial charge in [-0.1, -0.05) is 333 Å². The molecule has 0 rings (SSSR count). The first-order chi connectivity index (χ1) is 43.9. The van der Waals surface area contributed by atoms with Crippen molar-refractivity contribution in [2.24, 2.45) is 11.8 Å². The molecule has 0 aromatic rings. The predicted molar refractivity (Wildman–Crippen MR) is 407 cm³/mol. The fourth-order valence-corrected chi connectivity index (χ4v) is 14.4. The zero-order chi connectivity index (χ0) is 64.5. The van der Waals surface area contributed by atoms with Gasteiger partial charge < -0.3 is 14.5 Å². The van der Waals surface area contributed by atoms with E-state index >= 15 is 0 Å². The molecule has 0 heterocycles. The molecule has 0 radical (unpaired) electrons. The van der Waals surface area contributed by atoms with Crippen molar-refractivity contribution in [1.82, 2.24) is 9.80 Å². The molecule has 3 heteroatoms. The Balaban J connectivity index is 5.18. The van der Waals surface area contributed by atoms with E-state index in [1.165, 1.54) is 411 Å². The summed E-state index contributed by atoms with van der Waals surface area (Å²) in [4.78, 5) is 5.22. The van der Waals surface area contributed by atoms with Crippen LogP contribution in [-0.2, 0) is 4.74 Å². The Labute approximate surface area is 564 Å². The van der Waals surface area contributed by atoms with Gasteiger partial charge in [0.2, 0.25) is 0 Å². The van der Waals surface area contributed by atoms with Crippen LogP contribution in [0.5, 0.6) is 0 Å². The van der Waals surface area contributed by atoms with Crippen molar-refractivity contribution in [1.29, 1.82) is 0 Å². The van der Waals surface area contributed by atoms with Crippen molar-refractivity contribution in [3.63, 3.8) is 0 Å². The van der Waals surface area contributed by atoms with Crippen molar-refractivity contribution in [2.75, 3.05) is 41.4 Å². The van der Waals surface area contributed by atoms with Crippen LogP contribution in [0.25, 0.3) is 0 Å². The molecule has 2 unspecified atom stereocenters.